The van der Waals surface area contributed by atoms with Crippen molar-refractivity contribution in [1.82, 2.24) is 0 Å². The van der Waals surface area contributed by atoms with Crippen LogP contribution in [0.3, 0.4) is 0 Å². The van der Waals surface area contributed by atoms with E-state index in [1.54, 1.807) is 6.07 Å². The lowest BCUT2D eigenvalue weighted by Gasteiger charge is -2.17. The van der Waals surface area contributed by atoms with Crippen LogP contribution in [0.2, 0.25) is 0 Å². The van der Waals surface area contributed by atoms with Gasteiger partial charge in [0.25, 0.3) is 0 Å². The Bertz CT molecular complexity index is 368. The summed E-state index contributed by atoms with van der Waals surface area (Å²) in [5, 5.41) is 36.3. The number of phenolic OH excluding ortho intramolecular Hbond substituents is 1. The van der Waals surface area contributed by atoms with Crippen molar-refractivity contribution in [3.63, 3.8) is 0 Å². The zero-order valence-electron chi connectivity index (χ0n) is 7.76. The van der Waals surface area contributed by atoms with Crippen LogP contribution >= 0.6 is 0 Å². The molecule has 0 amide bonds. The van der Waals surface area contributed by atoms with E-state index in [0.717, 1.165) is 6.07 Å². The number of hydrogen-bond donors (Lipinski definition) is 3. The normalized spacial score (nSPS) is 14.3. The van der Waals surface area contributed by atoms with Crippen LogP contribution in [0.25, 0.3) is 0 Å². The van der Waals surface area contributed by atoms with E-state index in [-0.39, 0.29) is 12.0 Å². The van der Waals surface area contributed by atoms with Gasteiger partial charge in [-0.05, 0) is 12.1 Å². The number of hydrogen-bond acceptors (Lipinski definition) is 4. The molecule has 1 aromatic rings. The second-order valence-electron chi connectivity index (χ2n) is 3.05. The van der Waals surface area contributed by atoms with Gasteiger partial charge in [0.05, 0.1) is 24.2 Å². The zero-order chi connectivity index (χ0) is 11.4. The molecule has 0 radical (unpaired) electrons. The smallest absolute Gasteiger partial charge is 0.132 e. The molecule has 2 atom stereocenters. The fraction of sp³-hybridized carbons (Fsp3) is 0.300. The number of aliphatic hydroxyl groups excluding tert-OH is 2. The first-order chi connectivity index (χ1) is 7.07. The first kappa shape index (κ1) is 11.4. The van der Waals surface area contributed by atoms with Gasteiger partial charge in [-0.15, -0.1) is 0 Å². The molecule has 0 aromatic heterocycles. The second-order valence-corrected chi connectivity index (χ2v) is 3.05. The van der Waals surface area contributed by atoms with Crippen molar-refractivity contribution in [2.75, 3.05) is 0 Å². The molecule has 5 heteroatoms. The predicted molar refractivity (Wildman–Crippen MR) is 49.3 cm³/mol. The number of aromatic hydroxyl groups is 1. The van der Waals surface area contributed by atoms with Gasteiger partial charge in [0.15, 0.2) is 0 Å². The number of nitrogens with zero attached hydrogens (tertiary/aromatic N) is 1. The number of halogens is 1. The number of phenols is 1. The van der Waals surface area contributed by atoms with E-state index in [1.165, 1.54) is 12.1 Å². The van der Waals surface area contributed by atoms with Gasteiger partial charge in [0.1, 0.15) is 17.7 Å². The summed E-state index contributed by atoms with van der Waals surface area (Å²) >= 11 is 0. The quantitative estimate of drug-likeness (QED) is 0.691. The van der Waals surface area contributed by atoms with Crippen molar-refractivity contribution in [2.24, 2.45) is 0 Å². The van der Waals surface area contributed by atoms with E-state index in [1.807, 2.05) is 0 Å². The van der Waals surface area contributed by atoms with Gasteiger partial charge in [-0.2, -0.15) is 5.26 Å². The van der Waals surface area contributed by atoms with Crippen molar-refractivity contribution in [1.29, 1.82) is 5.26 Å². The van der Waals surface area contributed by atoms with Crippen LogP contribution in [0, 0.1) is 17.1 Å². The van der Waals surface area contributed by atoms with Gasteiger partial charge in [0, 0.05) is 0 Å². The fourth-order valence-electron chi connectivity index (χ4n) is 1.22. The van der Waals surface area contributed by atoms with Gasteiger partial charge < -0.3 is 15.3 Å². The molecule has 3 N–H and O–H groups in total. The molecule has 0 spiro atoms. The maximum Gasteiger partial charge on any atom is 0.132 e. The highest BCUT2D eigenvalue weighted by atomic mass is 19.1. The van der Waals surface area contributed by atoms with Crippen molar-refractivity contribution in [3.05, 3.63) is 29.6 Å². The molecular formula is C10H10FNO3. The minimum atomic E-state index is -1.61. The summed E-state index contributed by atoms with van der Waals surface area (Å²) < 4.78 is 13.2. The van der Waals surface area contributed by atoms with Crippen LogP contribution in [0.5, 0.6) is 5.75 Å². The Hall–Kier alpha value is -1.64. The molecule has 1 rings (SSSR count). The third kappa shape index (κ3) is 2.43. The summed E-state index contributed by atoms with van der Waals surface area (Å²) in [5.41, 5.74) is -0.389. The lowest BCUT2D eigenvalue weighted by atomic mass is 10.0. The van der Waals surface area contributed by atoms with Crippen molar-refractivity contribution in [2.45, 2.75) is 18.6 Å². The Morgan fingerprint density at radius 2 is 2.07 bits per heavy atom. The number of benzene rings is 1. The molecule has 0 bridgehead atoms. The summed E-state index contributed by atoms with van der Waals surface area (Å²) in [4.78, 5) is 0. The predicted octanol–water partition coefficient (Wildman–Crippen LogP) is 0.839. The van der Waals surface area contributed by atoms with E-state index < -0.39 is 23.8 Å². The molecular weight excluding hydrogens is 201 g/mol. The molecule has 0 saturated heterocycles. The van der Waals surface area contributed by atoms with Crippen LogP contribution < -0.4 is 0 Å². The van der Waals surface area contributed by atoms with Crippen molar-refractivity contribution in [3.8, 4) is 11.8 Å². The number of rotatable bonds is 3. The Labute approximate surface area is 85.8 Å². The monoisotopic (exact) mass is 211 g/mol. The topological polar surface area (TPSA) is 84.5 Å². The third-order valence-electron chi connectivity index (χ3n) is 1.99. The maximum atomic E-state index is 13.2. The largest absolute Gasteiger partial charge is 0.507 e. The lowest BCUT2D eigenvalue weighted by Crippen LogP contribution is -2.18. The minimum Gasteiger partial charge on any atom is -0.507 e. The van der Waals surface area contributed by atoms with Gasteiger partial charge in [-0.3, -0.25) is 0 Å². The van der Waals surface area contributed by atoms with Gasteiger partial charge in [0.2, 0.25) is 0 Å². The molecule has 0 heterocycles. The summed E-state index contributed by atoms with van der Waals surface area (Å²) in [6.45, 7) is 0. The van der Waals surface area contributed by atoms with Crippen molar-refractivity contribution < 1.29 is 19.7 Å². The van der Waals surface area contributed by atoms with Gasteiger partial charge in [-0.25, -0.2) is 4.39 Å². The van der Waals surface area contributed by atoms with Crippen LogP contribution in [0.1, 0.15) is 18.1 Å². The summed E-state index contributed by atoms with van der Waals surface area (Å²) in [6, 6.07) is 5.17. The first-order valence-electron chi connectivity index (χ1n) is 4.28. The van der Waals surface area contributed by atoms with Gasteiger partial charge >= 0.3 is 0 Å². The highest BCUT2D eigenvalue weighted by molar-refractivity contribution is 5.35. The Morgan fingerprint density at radius 1 is 1.40 bits per heavy atom. The Kier molecular flexibility index (Phi) is 3.61. The molecule has 1 aromatic carbocycles. The molecule has 2 unspecified atom stereocenters. The van der Waals surface area contributed by atoms with E-state index >= 15 is 0 Å². The third-order valence-corrected chi connectivity index (χ3v) is 1.99. The average molecular weight is 211 g/mol. The molecule has 0 aliphatic rings. The summed E-state index contributed by atoms with van der Waals surface area (Å²) in [7, 11) is 0. The van der Waals surface area contributed by atoms with Crippen molar-refractivity contribution >= 4 is 0 Å². The Morgan fingerprint density at radius 3 is 2.60 bits per heavy atom. The number of nitriles is 1. The van der Waals surface area contributed by atoms with E-state index in [2.05, 4.69) is 0 Å². The maximum absolute atomic E-state index is 13.2. The molecule has 4 nitrogen and oxygen atoms in total. The lowest BCUT2D eigenvalue weighted by molar-refractivity contribution is 0.0180. The van der Waals surface area contributed by atoms with Crippen LogP contribution in [0.15, 0.2) is 18.2 Å². The molecule has 0 aliphatic carbocycles. The molecule has 0 aliphatic heterocycles. The summed E-state index contributed by atoms with van der Waals surface area (Å²) in [5.74, 6) is -1.26. The Balaban J connectivity index is 3.01. The first-order valence-corrected chi connectivity index (χ1v) is 4.28. The number of aliphatic hydroxyl groups is 2. The molecule has 0 fully saturated rings. The standard InChI is InChI=1S/C10H10FNO3/c11-6-2-1-3-7(13)9(6)10(15)8(14)4-5-12/h1-3,8,10,13-15H,4H2. The fourth-order valence-corrected chi connectivity index (χ4v) is 1.22. The van der Waals surface area contributed by atoms with Crippen LogP contribution in [-0.2, 0) is 0 Å². The SMILES string of the molecule is N#CCC(O)C(O)c1c(O)cccc1F. The van der Waals surface area contributed by atoms with Crippen LogP contribution in [0.4, 0.5) is 4.39 Å². The van der Waals surface area contributed by atoms with Gasteiger partial charge in [-0.1, -0.05) is 6.07 Å². The minimum absolute atomic E-state index is 0.338. The molecule has 15 heavy (non-hydrogen) atoms. The molecule has 0 saturated carbocycles. The highest BCUT2D eigenvalue weighted by Crippen LogP contribution is 2.29. The zero-order valence-corrected chi connectivity index (χ0v) is 7.76. The van der Waals surface area contributed by atoms with E-state index in [0.29, 0.717) is 0 Å². The summed E-state index contributed by atoms with van der Waals surface area (Å²) in [6.07, 6.45) is -3.36. The van der Waals surface area contributed by atoms with E-state index in [9.17, 15) is 19.7 Å². The average Bonchev–Trinajstić information content (AvgIpc) is 2.17. The highest BCUT2D eigenvalue weighted by Gasteiger charge is 2.24. The second kappa shape index (κ2) is 4.73. The van der Waals surface area contributed by atoms with E-state index in [4.69, 9.17) is 5.26 Å². The molecule has 80 valence electrons. The van der Waals surface area contributed by atoms with Crippen LogP contribution in [-0.4, -0.2) is 21.4 Å².